The number of para-hydroxylation sites is 1. The fourth-order valence-corrected chi connectivity index (χ4v) is 4.16. The summed E-state index contributed by atoms with van der Waals surface area (Å²) in [5.74, 6) is -0.327. The SMILES string of the molecule is COc1ccc(/C=C2\SC(=S)N(CC(=O)Nc3ccccc3C(F)(F)F)C2=O)cc1OC. The first kappa shape index (κ1) is 23.6. The van der Waals surface area contributed by atoms with Gasteiger partial charge >= 0.3 is 6.18 Å². The van der Waals surface area contributed by atoms with E-state index in [1.165, 1.54) is 26.4 Å². The zero-order chi connectivity index (χ0) is 23.5. The van der Waals surface area contributed by atoms with Gasteiger partial charge in [-0.2, -0.15) is 13.2 Å². The molecule has 1 aliphatic rings. The first-order chi connectivity index (χ1) is 15.1. The predicted molar refractivity (Wildman–Crippen MR) is 119 cm³/mol. The molecule has 1 heterocycles. The van der Waals surface area contributed by atoms with E-state index in [0.29, 0.717) is 17.1 Å². The van der Waals surface area contributed by atoms with Crippen LogP contribution in [0.1, 0.15) is 11.1 Å². The van der Waals surface area contributed by atoms with Crippen LogP contribution in [0.15, 0.2) is 47.4 Å². The average Bonchev–Trinajstić information content (AvgIpc) is 3.00. The van der Waals surface area contributed by atoms with Crippen LogP contribution in [0.3, 0.4) is 0 Å². The van der Waals surface area contributed by atoms with Gasteiger partial charge < -0.3 is 14.8 Å². The maximum atomic E-state index is 13.1. The van der Waals surface area contributed by atoms with Gasteiger partial charge in [-0.05, 0) is 35.9 Å². The quantitative estimate of drug-likeness (QED) is 0.481. The summed E-state index contributed by atoms with van der Waals surface area (Å²) < 4.78 is 49.9. The van der Waals surface area contributed by atoms with E-state index in [1.54, 1.807) is 24.3 Å². The van der Waals surface area contributed by atoms with E-state index in [2.05, 4.69) is 5.32 Å². The highest BCUT2D eigenvalue weighted by atomic mass is 32.2. The minimum absolute atomic E-state index is 0.126. The van der Waals surface area contributed by atoms with Crippen LogP contribution in [-0.4, -0.2) is 41.8 Å². The highest BCUT2D eigenvalue weighted by Crippen LogP contribution is 2.36. The Bertz CT molecular complexity index is 1100. The number of carbonyl (C=O) groups excluding carboxylic acids is 2. The van der Waals surface area contributed by atoms with Gasteiger partial charge in [-0.15, -0.1) is 0 Å². The van der Waals surface area contributed by atoms with Crippen molar-refractivity contribution < 1.29 is 32.2 Å². The Morgan fingerprint density at radius 3 is 2.50 bits per heavy atom. The molecule has 2 amide bonds. The molecular weight excluding hydrogens is 465 g/mol. The fraction of sp³-hybridized carbons (Fsp3) is 0.190. The van der Waals surface area contributed by atoms with Crippen LogP contribution in [-0.2, 0) is 15.8 Å². The third kappa shape index (κ3) is 5.22. The molecule has 2 aromatic carbocycles. The molecule has 0 saturated carbocycles. The van der Waals surface area contributed by atoms with Gasteiger partial charge in [0, 0.05) is 0 Å². The average molecular weight is 483 g/mol. The van der Waals surface area contributed by atoms with Crippen molar-refractivity contribution in [3.63, 3.8) is 0 Å². The van der Waals surface area contributed by atoms with Crippen LogP contribution in [0.2, 0.25) is 0 Å². The molecule has 2 aromatic rings. The zero-order valence-corrected chi connectivity index (χ0v) is 18.5. The molecule has 0 unspecified atom stereocenters. The van der Waals surface area contributed by atoms with Crippen LogP contribution < -0.4 is 14.8 Å². The molecule has 0 aromatic heterocycles. The van der Waals surface area contributed by atoms with Gasteiger partial charge in [0.2, 0.25) is 5.91 Å². The van der Waals surface area contributed by atoms with Gasteiger partial charge in [-0.1, -0.05) is 42.2 Å². The van der Waals surface area contributed by atoms with Gasteiger partial charge in [0.15, 0.2) is 11.5 Å². The van der Waals surface area contributed by atoms with E-state index in [-0.39, 0.29) is 9.23 Å². The van der Waals surface area contributed by atoms with Crippen molar-refractivity contribution in [1.82, 2.24) is 4.90 Å². The number of carbonyl (C=O) groups is 2. The Morgan fingerprint density at radius 1 is 1.16 bits per heavy atom. The predicted octanol–water partition coefficient (Wildman–Crippen LogP) is 4.56. The number of nitrogens with one attached hydrogen (secondary N) is 1. The molecule has 1 saturated heterocycles. The van der Waals surface area contributed by atoms with Crippen molar-refractivity contribution in [3.05, 3.63) is 58.5 Å². The van der Waals surface area contributed by atoms with E-state index in [0.717, 1.165) is 28.8 Å². The van der Waals surface area contributed by atoms with Gasteiger partial charge in [0.25, 0.3) is 5.91 Å². The number of rotatable bonds is 6. The Labute approximate surface area is 191 Å². The van der Waals surface area contributed by atoms with Gasteiger partial charge in [-0.25, -0.2) is 0 Å². The number of methoxy groups -OCH3 is 2. The Kier molecular flexibility index (Phi) is 7.09. The minimum Gasteiger partial charge on any atom is -0.493 e. The molecule has 1 N–H and O–H groups in total. The summed E-state index contributed by atoms with van der Waals surface area (Å²) in [6.45, 7) is -0.514. The number of hydrogen-bond donors (Lipinski definition) is 1. The third-order valence-electron chi connectivity index (χ3n) is 4.39. The van der Waals surface area contributed by atoms with Crippen LogP contribution in [0.4, 0.5) is 18.9 Å². The summed E-state index contributed by atoms with van der Waals surface area (Å²) in [6, 6.07) is 9.66. The van der Waals surface area contributed by atoms with Crippen molar-refractivity contribution in [2.75, 3.05) is 26.1 Å². The van der Waals surface area contributed by atoms with E-state index < -0.39 is 35.8 Å². The lowest BCUT2D eigenvalue weighted by atomic mass is 10.1. The third-order valence-corrected chi connectivity index (χ3v) is 5.77. The normalized spacial score (nSPS) is 15.3. The molecule has 0 spiro atoms. The van der Waals surface area contributed by atoms with E-state index in [1.807, 2.05) is 0 Å². The van der Waals surface area contributed by atoms with Crippen molar-refractivity contribution in [1.29, 1.82) is 0 Å². The first-order valence-corrected chi connectivity index (χ1v) is 10.3. The molecule has 11 heteroatoms. The summed E-state index contributed by atoms with van der Waals surface area (Å²) >= 11 is 6.18. The number of anilines is 1. The number of amides is 2. The lowest BCUT2D eigenvalue weighted by Crippen LogP contribution is -2.36. The standard InChI is InChI=1S/C21H17F3N2O4S2/c1-29-15-8-7-12(9-16(15)30-2)10-17-19(28)26(20(31)32-17)11-18(27)25-14-6-4-3-5-13(14)21(22,23)24/h3-10H,11H2,1-2H3,(H,25,27)/b17-10-. The first-order valence-electron chi connectivity index (χ1n) is 9.07. The second-order valence-corrected chi connectivity index (χ2v) is 8.15. The highest BCUT2D eigenvalue weighted by Gasteiger charge is 2.35. The molecular formula is C21H17F3N2O4S2. The number of thiocarbonyl (C=S) groups is 1. The summed E-state index contributed by atoms with van der Waals surface area (Å²) in [5, 5.41) is 2.21. The number of hydrogen-bond acceptors (Lipinski definition) is 6. The second kappa shape index (κ2) is 9.61. The molecule has 32 heavy (non-hydrogen) atoms. The highest BCUT2D eigenvalue weighted by molar-refractivity contribution is 8.26. The smallest absolute Gasteiger partial charge is 0.418 e. The Morgan fingerprint density at radius 2 is 1.84 bits per heavy atom. The Hall–Kier alpha value is -3.05. The minimum atomic E-state index is -4.63. The number of benzene rings is 2. The van der Waals surface area contributed by atoms with Gasteiger partial charge in [-0.3, -0.25) is 14.5 Å². The topological polar surface area (TPSA) is 67.9 Å². The molecule has 0 aliphatic carbocycles. The van der Waals surface area contributed by atoms with E-state index in [4.69, 9.17) is 21.7 Å². The number of alkyl halides is 3. The summed E-state index contributed by atoms with van der Waals surface area (Å²) in [5.41, 5.74) is -0.727. The second-order valence-electron chi connectivity index (χ2n) is 6.47. The molecule has 1 fully saturated rings. The van der Waals surface area contributed by atoms with Gasteiger partial charge in [0.1, 0.15) is 10.9 Å². The maximum Gasteiger partial charge on any atom is 0.418 e. The van der Waals surface area contributed by atoms with Crippen molar-refractivity contribution >= 4 is 51.9 Å². The maximum absolute atomic E-state index is 13.1. The molecule has 0 radical (unpaired) electrons. The Balaban J connectivity index is 1.75. The van der Waals surface area contributed by atoms with Crippen LogP contribution in [0.5, 0.6) is 11.5 Å². The monoisotopic (exact) mass is 482 g/mol. The zero-order valence-electron chi connectivity index (χ0n) is 16.9. The van der Waals surface area contributed by atoms with Crippen LogP contribution in [0, 0.1) is 0 Å². The van der Waals surface area contributed by atoms with E-state index in [9.17, 15) is 22.8 Å². The largest absolute Gasteiger partial charge is 0.493 e. The number of halogens is 3. The van der Waals surface area contributed by atoms with Crippen molar-refractivity contribution in [3.8, 4) is 11.5 Å². The van der Waals surface area contributed by atoms with Crippen molar-refractivity contribution in [2.45, 2.75) is 6.18 Å². The number of ether oxygens (including phenoxy) is 2. The molecule has 6 nitrogen and oxygen atoms in total. The summed E-state index contributed by atoms with van der Waals surface area (Å²) in [7, 11) is 2.98. The fourth-order valence-electron chi connectivity index (χ4n) is 2.90. The summed E-state index contributed by atoms with van der Waals surface area (Å²) in [4.78, 5) is 26.4. The van der Waals surface area contributed by atoms with Crippen LogP contribution >= 0.6 is 24.0 Å². The molecule has 1 aliphatic heterocycles. The number of nitrogens with zero attached hydrogens (tertiary/aromatic N) is 1. The number of thioether (sulfide) groups is 1. The lowest BCUT2D eigenvalue weighted by Gasteiger charge is -2.16. The lowest BCUT2D eigenvalue weighted by molar-refractivity contribution is -0.137. The summed E-state index contributed by atoms with van der Waals surface area (Å²) in [6.07, 6.45) is -3.05. The van der Waals surface area contributed by atoms with E-state index >= 15 is 0 Å². The molecule has 168 valence electrons. The molecule has 0 atom stereocenters. The molecule has 3 rings (SSSR count). The van der Waals surface area contributed by atoms with Crippen molar-refractivity contribution in [2.24, 2.45) is 0 Å². The molecule has 0 bridgehead atoms. The van der Waals surface area contributed by atoms with Crippen LogP contribution in [0.25, 0.3) is 6.08 Å². The van der Waals surface area contributed by atoms with Gasteiger partial charge in [0.05, 0.1) is 30.4 Å².